The Morgan fingerprint density at radius 2 is 1.94 bits per heavy atom. The summed E-state index contributed by atoms with van der Waals surface area (Å²) in [5.41, 5.74) is 0.787. The van der Waals surface area contributed by atoms with E-state index in [1.165, 1.54) is 17.9 Å². The molecular formula is C25H22BrClN2O6S. The van der Waals surface area contributed by atoms with E-state index in [9.17, 15) is 14.7 Å². The first-order valence-electron chi connectivity index (χ1n) is 11.0. The van der Waals surface area contributed by atoms with Crippen molar-refractivity contribution in [2.75, 3.05) is 20.3 Å². The third-order valence-electron chi connectivity index (χ3n) is 5.35. The van der Waals surface area contributed by atoms with Crippen LogP contribution in [0.15, 0.2) is 56.4 Å². The third kappa shape index (κ3) is 4.93. The molecule has 4 rings (SSSR count). The molecule has 1 aliphatic heterocycles. The lowest BCUT2D eigenvalue weighted by molar-refractivity contribution is -0.136. The van der Waals surface area contributed by atoms with Crippen molar-refractivity contribution in [2.24, 2.45) is 4.99 Å². The van der Waals surface area contributed by atoms with Crippen molar-refractivity contribution in [1.82, 2.24) is 4.57 Å². The molecule has 188 valence electrons. The number of nitrogens with zero attached hydrogens (tertiary/aromatic N) is 2. The third-order valence-corrected chi connectivity index (χ3v) is 7.10. The molecule has 2 heterocycles. The van der Waals surface area contributed by atoms with Crippen LogP contribution >= 0.6 is 38.9 Å². The highest BCUT2D eigenvalue weighted by Crippen LogP contribution is 2.35. The summed E-state index contributed by atoms with van der Waals surface area (Å²) in [6.45, 7) is 4.59. The first kappa shape index (κ1) is 26.0. The van der Waals surface area contributed by atoms with Crippen molar-refractivity contribution in [2.45, 2.75) is 19.9 Å². The number of phenolic OH excluding ortho intramolecular Hbond substituents is 1. The number of methoxy groups -OCH3 is 1. The fourth-order valence-electron chi connectivity index (χ4n) is 3.82. The number of esters is 1. The molecule has 1 N–H and O–H groups in total. The molecule has 8 nitrogen and oxygen atoms in total. The zero-order chi connectivity index (χ0) is 26.0. The number of aromatic hydroxyl groups is 1. The van der Waals surface area contributed by atoms with Gasteiger partial charge in [-0.15, -0.1) is 0 Å². The van der Waals surface area contributed by atoms with Crippen LogP contribution in [0.3, 0.4) is 0 Å². The van der Waals surface area contributed by atoms with Crippen LogP contribution in [-0.2, 0) is 9.53 Å². The van der Waals surface area contributed by atoms with E-state index in [2.05, 4.69) is 20.9 Å². The van der Waals surface area contributed by atoms with E-state index in [-0.39, 0.29) is 21.9 Å². The lowest BCUT2D eigenvalue weighted by Crippen LogP contribution is -2.39. The number of aromatic nitrogens is 1. The highest BCUT2D eigenvalue weighted by molar-refractivity contribution is 9.10. The van der Waals surface area contributed by atoms with Gasteiger partial charge >= 0.3 is 5.97 Å². The monoisotopic (exact) mass is 592 g/mol. The van der Waals surface area contributed by atoms with Gasteiger partial charge in [-0.05, 0) is 49.8 Å². The van der Waals surface area contributed by atoms with Crippen molar-refractivity contribution in [3.8, 4) is 17.2 Å². The number of thiazole rings is 1. The summed E-state index contributed by atoms with van der Waals surface area (Å²) in [5, 5.41) is 10.5. The molecule has 0 unspecified atom stereocenters. The molecule has 1 aliphatic rings. The van der Waals surface area contributed by atoms with Crippen LogP contribution in [0.2, 0.25) is 5.02 Å². The topological polar surface area (TPSA) is 99.4 Å². The molecule has 1 aromatic heterocycles. The maximum absolute atomic E-state index is 13.6. The van der Waals surface area contributed by atoms with Gasteiger partial charge in [0.15, 0.2) is 16.3 Å². The van der Waals surface area contributed by atoms with Crippen LogP contribution in [0, 0.1) is 0 Å². The number of hydrogen-bond acceptors (Lipinski definition) is 8. The molecule has 0 saturated carbocycles. The molecule has 0 amide bonds. The lowest BCUT2D eigenvalue weighted by Gasteiger charge is -2.23. The Hall–Kier alpha value is -3.08. The maximum atomic E-state index is 13.6. The van der Waals surface area contributed by atoms with Crippen LogP contribution in [0.1, 0.15) is 31.0 Å². The molecule has 0 radical (unpaired) electrons. The van der Waals surface area contributed by atoms with Gasteiger partial charge in [-0.3, -0.25) is 9.36 Å². The van der Waals surface area contributed by atoms with Crippen LogP contribution in [0.25, 0.3) is 6.08 Å². The van der Waals surface area contributed by atoms with Crippen molar-refractivity contribution in [1.29, 1.82) is 0 Å². The number of rotatable bonds is 7. The zero-order valence-corrected chi connectivity index (χ0v) is 22.7. The Morgan fingerprint density at radius 3 is 2.64 bits per heavy atom. The largest absolute Gasteiger partial charge is 0.506 e. The van der Waals surface area contributed by atoms with Crippen molar-refractivity contribution < 1.29 is 24.1 Å². The first-order chi connectivity index (χ1) is 17.3. The normalized spacial score (nSPS) is 15.1. The second-order valence-corrected chi connectivity index (χ2v) is 9.91. The molecule has 11 heteroatoms. The summed E-state index contributed by atoms with van der Waals surface area (Å²) in [4.78, 5) is 31.1. The maximum Gasteiger partial charge on any atom is 0.337 e. The summed E-state index contributed by atoms with van der Waals surface area (Å²) < 4.78 is 18.8. The minimum Gasteiger partial charge on any atom is -0.506 e. The first-order valence-corrected chi connectivity index (χ1v) is 12.9. The standard InChI is InChI=1S/C25H22BrClN2O6S/c1-4-34-18-7-6-13(9-19(18)35-5-2)21-16(24(32)33-3)12-28-25-29(21)23(31)20(36-25)10-14-8-15(26)11-17(27)22(14)30/h6-12,21,30H,4-5H2,1-3H3/b20-10+/t21-/m1/s1. The zero-order valence-electron chi connectivity index (χ0n) is 19.6. The highest BCUT2D eigenvalue weighted by atomic mass is 79.9. The van der Waals surface area contributed by atoms with E-state index in [0.29, 0.717) is 49.6 Å². The number of halogens is 2. The Kier molecular flexibility index (Phi) is 7.87. The number of phenols is 1. The predicted octanol–water partition coefficient (Wildman–Crippen LogP) is 3.94. The Bertz CT molecular complexity index is 1550. The van der Waals surface area contributed by atoms with Gasteiger partial charge in [0.2, 0.25) is 0 Å². The lowest BCUT2D eigenvalue weighted by atomic mass is 9.97. The molecule has 1 atom stereocenters. The number of ether oxygens (including phenoxy) is 3. The van der Waals surface area contributed by atoms with Crippen LogP contribution in [0.4, 0.5) is 0 Å². The molecule has 0 fully saturated rings. The van der Waals surface area contributed by atoms with Crippen molar-refractivity contribution in [3.05, 3.63) is 82.4 Å². The Balaban J connectivity index is 1.93. The summed E-state index contributed by atoms with van der Waals surface area (Å²) in [5.74, 6) is 0.293. The number of hydrogen-bond donors (Lipinski definition) is 1. The average Bonchev–Trinajstić information content (AvgIpc) is 3.17. The van der Waals surface area contributed by atoms with Crippen molar-refractivity contribution in [3.63, 3.8) is 0 Å². The summed E-state index contributed by atoms with van der Waals surface area (Å²) in [7, 11) is 1.27. The molecule has 2 aromatic carbocycles. The van der Waals surface area contributed by atoms with Gasteiger partial charge in [0.05, 0.1) is 41.5 Å². The van der Waals surface area contributed by atoms with Crippen molar-refractivity contribution >= 4 is 50.9 Å². The highest BCUT2D eigenvalue weighted by Gasteiger charge is 2.31. The summed E-state index contributed by atoms with van der Waals surface area (Å²) in [6.07, 6.45) is 2.95. The van der Waals surface area contributed by atoms with Gasteiger partial charge in [-0.1, -0.05) is 44.9 Å². The average molecular weight is 594 g/mol. The molecule has 0 spiro atoms. The minimum atomic E-state index is -0.814. The summed E-state index contributed by atoms with van der Waals surface area (Å²) >= 11 is 10.6. The number of carbonyl (C=O) groups is 1. The summed E-state index contributed by atoms with van der Waals surface area (Å²) in [6, 6.07) is 7.66. The minimum absolute atomic E-state index is 0.145. The quantitative estimate of drug-likeness (QED) is 0.417. The SMILES string of the molecule is CCOc1ccc([C@@H]2C(C(=O)OC)=CN=c3s/c(=C/c4cc(Br)cc(Cl)c4O)c(=O)n32)cc1OCC. The Morgan fingerprint density at radius 1 is 1.22 bits per heavy atom. The van der Waals surface area contributed by atoms with E-state index in [1.807, 2.05) is 13.8 Å². The predicted molar refractivity (Wildman–Crippen MR) is 141 cm³/mol. The second-order valence-electron chi connectivity index (χ2n) is 7.57. The molecular weight excluding hydrogens is 572 g/mol. The second kappa shape index (κ2) is 10.9. The van der Waals surface area contributed by atoms with Gasteiger partial charge in [0.1, 0.15) is 5.75 Å². The molecule has 3 aromatic rings. The van der Waals surface area contributed by atoms with E-state index in [1.54, 1.807) is 36.4 Å². The smallest absolute Gasteiger partial charge is 0.337 e. The molecule has 0 aliphatic carbocycles. The van der Waals surface area contributed by atoms with Gasteiger partial charge < -0.3 is 19.3 Å². The van der Waals surface area contributed by atoms with Crippen LogP contribution in [-0.4, -0.2) is 36.0 Å². The van der Waals surface area contributed by atoms with Gasteiger partial charge in [-0.2, -0.15) is 0 Å². The van der Waals surface area contributed by atoms with E-state index in [0.717, 1.165) is 11.3 Å². The van der Waals surface area contributed by atoms with E-state index >= 15 is 0 Å². The fourth-order valence-corrected chi connectivity index (χ4v) is 5.62. The number of carbonyl (C=O) groups excluding carboxylic acids is 1. The van der Waals surface area contributed by atoms with Crippen LogP contribution in [0.5, 0.6) is 17.2 Å². The Labute approximate surface area is 223 Å². The number of fused-ring (bicyclic) bond motifs is 1. The van der Waals surface area contributed by atoms with E-state index < -0.39 is 12.0 Å². The molecule has 36 heavy (non-hydrogen) atoms. The van der Waals surface area contributed by atoms with Gasteiger partial charge in [0.25, 0.3) is 5.56 Å². The fraction of sp³-hybridized carbons (Fsp3) is 0.240. The number of benzene rings is 2. The van der Waals surface area contributed by atoms with E-state index in [4.69, 9.17) is 25.8 Å². The van der Waals surface area contributed by atoms with Crippen LogP contribution < -0.4 is 24.4 Å². The van der Waals surface area contributed by atoms with Gasteiger partial charge in [0, 0.05) is 16.2 Å². The van der Waals surface area contributed by atoms with Gasteiger partial charge in [-0.25, -0.2) is 9.79 Å². The molecule has 0 bridgehead atoms. The molecule has 0 saturated heterocycles.